The minimum Gasteiger partial charge on any atom is -0.457 e. The molecular formula is C54H70N10O11S. The zero-order chi connectivity index (χ0) is 53.6. The summed E-state index contributed by atoms with van der Waals surface area (Å²) < 4.78 is 28.5. The van der Waals surface area contributed by atoms with E-state index in [1.165, 1.54) is 12.4 Å². The highest BCUT2D eigenvalue weighted by Gasteiger charge is 2.42. The van der Waals surface area contributed by atoms with Crippen molar-refractivity contribution < 1.29 is 52.5 Å². The van der Waals surface area contributed by atoms with Gasteiger partial charge in [0.05, 0.1) is 38.5 Å². The molecule has 8 N–H and O–H groups in total. The first-order valence-electron chi connectivity index (χ1n) is 25.8. The number of carbonyl (C=O) groups is 6. The molecule has 2 aliphatic heterocycles. The second-order valence-corrected chi connectivity index (χ2v) is 19.0. The van der Waals surface area contributed by atoms with Crippen molar-refractivity contribution >= 4 is 64.5 Å². The standard InChI is InChI=1S/C54H70N10O11S/c1-2-47(65)62-40-33-38(32-39(34-40)61-46-35-51(60-37-59-46)75-43-20-18-42(19-21-43)74-41-12-4-3-5-13-41)53(69)58-23-9-22-55-49(67)16-8-17-50(68)57-25-11-27-72-29-31-73-30-28-71-26-10-24-56-48(66)15-7-6-14-45-52-44(36-76-45)63-54(70)64-52/h2-5,12-13,18-21,32-35,37,44-45,52H,1,6-11,14-17,22-31,36H2,(H,55,67)(H,56,66)(H,57,68)(H,58,69)(H,62,65)(H,59,60,61)(H2,63,64,70)/t44-,45-,52-/m0/s1. The topological polar surface area (TPSA) is 271 Å². The number of para-hydroxylation sites is 1. The fourth-order valence-corrected chi connectivity index (χ4v) is 9.49. The number of amides is 7. The van der Waals surface area contributed by atoms with Crippen LogP contribution >= 0.6 is 11.8 Å². The minimum atomic E-state index is -0.457. The molecule has 3 atom stereocenters. The average molecular weight is 1070 g/mol. The molecule has 0 aliphatic carbocycles. The van der Waals surface area contributed by atoms with E-state index in [1.54, 1.807) is 42.5 Å². The first-order valence-corrected chi connectivity index (χ1v) is 26.8. The van der Waals surface area contributed by atoms with Crippen LogP contribution in [0.3, 0.4) is 0 Å². The molecule has 2 saturated heterocycles. The lowest BCUT2D eigenvalue weighted by Crippen LogP contribution is -2.36. The van der Waals surface area contributed by atoms with Gasteiger partial charge in [0, 0.05) is 92.7 Å². The number of carbonyl (C=O) groups excluding carboxylic acids is 6. The Labute approximate surface area is 447 Å². The summed E-state index contributed by atoms with van der Waals surface area (Å²) in [4.78, 5) is 82.3. The lowest BCUT2D eigenvalue weighted by atomic mass is 10.0. The third-order valence-electron chi connectivity index (χ3n) is 11.8. The molecule has 408 valence electrons. The third kappa shape index (κ3) is 21.9. The third-order valence-corrected chi connectivity index (χ3v) is 13.3. The summed E-state index contributed by atoms with van der Waals surface area (Å²) in [6.07, 6.45) is 8.37. The number of rotatable bonds is 36. The van der Waals surface area contributed by atoms with E-state index in [9.17, 15) is 28.8 Å². The smallest absolute Gasteiger partial charge is 0.315 e. The molecule has 0 radical (unpaired) electrons. The van der Waals surface area contributed by atoms with Gasteiger partial charge in [0.25, 0.3) is 5.91 Å². The van der Waals surface area contributed by atoms with Crippen LogP contribution in [0.4, 0.5) is 22.0 Å². The highest BCUT2D eigenvalue weighted by atomic mass is 32.2. The number of anilines is 3. The first-order chi connectivity index (χ1) is 37.1. The van der Waals surface area contributed by atoms with E-state index in [4.69, 9.17) is 23.7 Å². The number of nitrogens with one attached hydrogen (secondary N) is 8. The second kappa shape index (κ2) is 32.9. The Balaban J connectivity index is 0.734. The Bertz CT molecular complexity index is 2490. The number of unbranched alkanes of at least 4 members (excludes halogenated alkanes) is 1. The number of fused-ring (bicyclic) bond motifs is 1. The molecule has 2 aliphatic rings. The molecule has 0 bridgehead atoms. The molecule has 4 aromatic rings. The van der Waals surface area contributed by atoms with Crippen molar-refractivity contribution in [2.45, 2.75) is 81.5 Å². The van der Waals surface area contributed by atoms with Crippen molar-refractivity contribution in [1.82, 2.24) is 41.9 Å². The number of ether oxygens (including phenoxy) is 5. The molecule has 6 rings (SSSR count). The van der Waals surface area contributed by atoms with E-state index >= 15 is 0 Å². The fourth-order valence-electron chi connectivity index (χ4n) is 7.94. The van der Waals surface area contributed by atoms with E-state index in [-0.39, 0.29) is 66.7 Å². The fraction of sp³-hybridized carbons (Fsp3) is 0.444. The second-order valence-electron chi connectivity index (χ2n) is 17.8. The highest BCUT2D eigenvalue weighted by molar-refractivity contribution is 8.00. The lowest BCUT2D eigenvalue weighted by Gasteiger charge is -2.16. The van der Waals surface area contributed by atoms with Crippen LogP contribution in [0.5, 0.6) is 23.1 Å². The first kappa shape index (κ1) is 58.0. The molecule has 21 nitrogen and oxygen atoms in total. The summed E-state index contributed by atoms with van der Waals surface area (Å²) in [5.41, 5.74) is 1.06. The normalized spacial score (nSPS) is 15.3. The van der Waals surface area contributed by atoms with Crippen LogP contribution in [0.1, 0.15) is 74.6 Å². The van der Waals surface area contributed by atoms with Crippen molar-refractivity contribution in [2.24, 2.45) is 0 Å². The summed E-state index contributed by atoms with van der Waals surface area (Å²) in [7, 11) is 0. The predicted molar refractivity (Wildman–Crippen MR) is 289 cm³/mol. The number of aromatic nitrogens is 2. The molecular weight excluding hydrogens is 997 g/mol. The van der Waals surface area contributed by atoms with E-state index in [0.717, 1.165) is 37.5 Å². The van der Waals surface area contributed by atoms with Crippen molar-refractivity contribution in [3.05, 3.63) is 103 Å². The maximum absolute atomic E-state index is 13.2. The highest BCUT2D eigenvalue weighted by Crippen LogP contribution is 2.33. The maximum Gasteiger partial charge on any atom is 0.315 e. The van der Waals surface area contributed by atoms with Crippen LogP contribution in [0.2, 0.25) is 0 Å². The molecule has 22 heteroatoms. The van der Waals surface area contributed by atoms with E-state index in [0.29, 0.717) is 125 Å². The van der Waals surface area contributed by atoms with Gasteiger partial charge in [-0.05, 0) is 99.2 Å². The van der Waals surface area contributed by atoms with Crippen LogP contribution in [0.15, 0.2) is 97.8 Å². The zero-order valence-electron chi connectivity index (χ0n) is 42.7. The minimum absolute atomic E-state index is 0.0522. The predicted octanol–water partition coefficient (Wildman–Crippen LogP) is 6.12. The van der Waals surface area contributed by atoms with Crippen LogP contribution < -0.4 is 52.0 Å². The SMILES string of the molecule is C=CC(=O)Nc1cc(Nc2cc(Oc3ccc(Oc4ccccc4)cc3)ncn2)cc(C(=O)NCCCNC(=O)CCCC(=O)NCCCOCCOCCOCCCNC(=O)CCCC[C@@H]2SC[C@@H]3NC(=O)N[C@@H]32)c1. The zero-order valence-corrected chi connectivity index (χ0v) is 43.6. The van der Waals surface area contributed by atoms with Gasteiger partial charge < -0.3 is 66.2 Å². The number of urea groups is 1. The summed E-state index contributed by atoms with van der Waals surface area (Å²) in [5.74, 6) is 2.32. The monoisotopic (exact) mass is 1070 g/mol. The van der Waals surface area contributed by atoms with E-state index < -0.39 is 11.8 Å². The van der Waals surface area contributed by atoms with Gasteiger partial charge in [-0.2, -0.15) is 11.8 Å². The Morgan fingerprint density at radius 3 is 1.89 bits per heavy atom. The van der Waals surface area contributed by atoms with Crippen molar-refractivity contribution in [1.29, 1.82) is 0 Å². The summed E-state index contributed by atoms with van der Waals surface area (Å²) in [6, 6.07) is 23.2. The van der Waals surface area contributed by atoms with Crippen LogP contribution in [-0.4, -0.2) is 134 Å². The molecule has 76 heavy (non-hydrogen) atoms. The van der Waals surface area contributed by atoms with E-state index in [1.807, 2.05) is 42.1 Å². The molecule has 0 spiro atoms. The van der Waals surface area contributed by atoms with E-state index in [2.05, 4.69) is 59.1 Å². The quantitative estimate of drug-likeness (QED) is 0.0145. The molecule has 0 unspecified atom stereocenters. The van der Waals surface area contributed by atoms with Crippen LogP contribution in [0.25, 0.3) is 0 Å². The summed E-state index contributed by atoms with van der Waals surface area (Å²) >= 11 is 1.89. The lowest BCUT2D eigenvalue weighted by molar-refractivity contribution is -0.123. The van der Waals surface area contributed by atoms with Gasteiger partial charge in [-0.25, -0.2) is 14.8 Å². The number of hydrogen-bond acceptors (Lipinski definition) is 15. The Morgan fingerprint density at radius 1 is 0.632 bits per heavy atom. The molecule has 2 fully saturated rings. The molecule has 0 saturated carbocycles. The molecule has 3 aromatic carbocycles. The van der Waals surface area contributed by atoms with Gasteiger partial charge in [-0.3, -0.25) is 24.0 Å². The number of thioether (sulfide) groups is 1. The van der Waals surface area contributed by atoms with Crippen LogP contribution in [-0.2, 0) is 33.4 Å². The van der Waals surface area contributed by atoms with Gasteiger partial charge >= 0.3 is 6.03 Å². The Morgan fingerprint density at radius 2 is 1.22 bits per heavy atom. The largest absolute Gasteiger partial charge is 0.457 e. The number of nitrogens with zero attached hydrogens (tertiary/aromatic N) is 2. The number of hydrogen-bond donors (Lipinski definition) is 8. The summed E-state index contributed by atoms with van der Waals surface area (Å²) in [5, 5.41) is 23.7. The molecule has 7 amide bonds. The Kier molecular flexibility index (Phi) is 25.1. The van der Waals surface area contributed by atoms with Crippen molar-refractivity contribution in [2.75, 3.05) is 82.2 Å². The molecule has 1 aromatic heterocycles. The van der Waals surface area contributed by atoms with Gasteiger partial charge in [-0.1, -0.05) is 31.2 Å². The van der Waals surface area contributed by atoms with Crippen molar-refractivity contribution in [3.8, 4) is 23.1 Å². The van der Waals surface area contributed by atoms with Gasteiger partial charge in [0.1, 0.15) is 29.4 Å². The average Bonchev–Trinajstić information content (AvgIpc) is 3.98. The number of benzene rings is 3. The van der Waals surface area contributed by atoms with Gasteiger partial charge in [0.15, 0.2) is 0 Å². The maximum atomic E-state index is 13.2. The van der Waals surface area contributed by atoms with Crippen LogP contribution in [0, 0.1) is 0 Å². The summed E-state index contributed by atoms with van der Waals surface area (Å²) in [6.45, 7) is 7.87. The molecule has 3 heterocycles. The van der Waals surface area contributed by atoms with Gasteiger partial charge in [-0.15, -0.1) is 0 Å². The van der Waals surface area contributed by atoms with Gasteiger partial charge in [0.2, 0.25) is 29.5 Å². The van der Waals surface area contributed by atoms with Crippen molar-refractivity contribution in [3.63, 3.8) is 0 Å². The Hall–Kier alpha value is -7.27.